The summed E-state index contributed by atoms with van der Waals surface area (Å²) < 4.78 is 0. The monoisotopic (exact) mass is 270 g/mol. The van der Waals surface area contributed by atoms with Gasteiger partial charge in [-0.1, -0.05) is 19.1 Å². The zero-order chi connectivity index (χ0) is 14.4. The highest BCUT2D eigenvalue weighted by Gasteiger charge is 2.23. The van der Waals surface area contributed by atoms with Crippen molar-refractivity contribution in [2.45, 2.75) is 32.5 Å². The van der Waals surface area contributed by atoms with Gasteiger partial charge in [0.15, 0.2) is 0 Å². The molecule has 2 aromatic heterocycles. The molecule has 0 aliphatic heterocycles. The number of nitrogens with zero attached hydrogens (tertiary/aromatic N) is 3. The van der Waals surface area contributed by atoms with E-state index in [9.17, 15) is 0 Å². The highest BCUT2D eigenvalue weighted by atomic mass is 15.2. The van der Waals surface area contributed by atoms with E-state index < -0.39 is 0 Å². The molecule has 2 atom stereocenters. The van der Waals surface area contributed by atoms with Gasteiger partial charge >= 0.3 is 0 Å². The standard InChI is InChI=1S/C16H22N4/c1-3-20(12-15-8-4-5-10-19-15)16(13(2)17)14-7-6-9-18-11-14/h4-11,13,16H,3,12,17H2,1-2H3. The molecule has 106 valence electrons. The molecule has 0 saturated heterocycles. The first-order valence-electron chi connectivity index (χ1n) is 7.01. The fourth-order valence-electron chi connectivity index (χ4n) is 2.50. The van der Waals surface area contributed by atoms with E-state index >= 15 is 0 Å². The lowest BCUT2D eigenvalue weighted by Crippen LogP contribution is -2.39. The van der Waals surface area contributed by atoms with Gasteiger partial charge in [-0.25, -0.2) is 0 Å². The summed E-state index contributed by atoms with van der Waals surface area (Å²) in [5.41, 5.74) is 8.42. The quantitative estimate of drug-likeness (QED) is 0.875. The molecule has 0 amide bonds. The zero-order valence-corrected chi connectivity index (χ0v) is 12.1. The van der Waals surface area contributed by atoms with Crippen LogP contribution in [0.2, 0.25) is 0 Å². The van der Waals surface area contributed by atoms with E-state index in [1.54, 1.807) is 6.20 Å². The molecule has 0 radical (unpaired) electrons. The number of pyridine rings is 2. The van der Waals surface area contributed by atoms with Crippen LogP contribution < -0.4 is 5.73 Å². The Balaban J connectivity index is 2.22. The maximum Gasteiger partial charge on any atom is 0.0544 e. The summed E-state index contributed by atoms with van der Waals surface area (Å²) in [4.78, 5) is 11.0. The molecule has 0 aromatic carbocycles. The number of aromatic nitrogens is 2. The lowest BCUT2D eigenvalue weighted by atomic mass is 10.0. The third kappa shape index (κ3) is 3.62. The van der Waals surface area contributed by atoms with E-state index in [0.29, 0.717) is 0 Å². The van der Waals surface area contributed by atoms with Crippen LogP contribution in [0.4, 0.5) is 0 Å². The van der Waals surface area contributed by atoms with Gasteiger partial charge in [0.05, 0.1) is 11.7 Å². The van der Waals surface area contributed by atoms with Crippen LogP contribution >= 0.6 is 0 Å². The average molecular weight is 270 g/mol. The van der Waals surface area contributed by atoms with Crippen molar-refractivity contribution in [2.24, 2.45) is 5.73 Å². The fraction of sp³-hybridized carbons (Fsp3) is 0.375. The molecule has 2 N–H and O–H groups in total. The van der Waals surface area contributed by atoms with Crippen LogP contribution in [-0.4, -0.2) is 27.5 Å². The lowest BCUT2D eigenvalue weighted by molar-refractivity contribution is 0.174. The Kier molecular flexibility index (Phi) is 5.21. The molecule has 0 fully saturated rings. The van der Waals surface area contributed by atoms with Crippen LogP contribution in [0.15, 0.2) is 48.9 Å². The first-order valence-corrected chi connectivity index (χ1v) is 7.01. The Morgan fingerprint density at radius 3 is 2.60 bits per heavy atom. The lowest BCUT2D eigenvalue weighted by Gasteiger charge is -2.33. The van der Waals surface area contributed by atoms with Crippen molar-refractivity contribution in [3.05, 3.63) is 60.2 Å². The van der Waals surface area contributed by atoms with E-state index in [4.69, 9.17) is 5.73 Å². The largest absolute Gasteiger partial charge is 0.326 e. The molecule has 4 nitrogen and oxygen atoms in total. The van der Waals surface area contributed by atoms with Gasteiger partial charge in [0.25, 0.3) is 0 Å². The van der Waals surface area contributed by atoms with Crippen LogP contribution in [0.25, 0.3) is 0 Å². The van der Waals surface area contributed by atoms with Crippen molar-refractivity contribution in [3.63, 3.8) is 0 Å². The van der Waals surface area contributed by atoms with Crippen LogP contribution in [0, 0.1) is 0 Å². The normalized spacial score (nSPS) is 14.2. The van der Waals surface area contributed by atoms with Gasteiger partial charge in [-0.2, -0.15) is 0 Å². The first kappa shape index (κ1) is 14.6. The minimum atomic E-state index is 0.0304. The maximum absolute atomic E-state index is 6.21. The number of hydrogen-bond donors (Lipinski definition) is 1. The predicted molar refractivity (Wildman–Crippen MR) is 80.9 cm³/mol. The van der Waals surface area contributed by atoms with Gasteiger partial charge in [0.1, 0.15) is 0 Å². The van der Waals surface area contributed by atoms with E-state index in [1.807, 2.05) is 43.6 Å². The summed E-state index contributed by atoms with van der Waals surface area (Å²) >= 11 is 0. The van der Waals surface area contributed by atoms with Crippen molar-refractivity contribution in [2.75, 3.05) is 6.54 Å². The van der Waals surface area contributed by atoms with Crippen LogP contribution in [0.1, 0.15) is 31.1 Å². The molecular formula is C16H22N4. The summed E-state index contributed by atoms with van der Waals surface area (Å²) in [6, 6.07) is 10.2. The average Bonchev–Trinajstić information content (AvgIpc) is 2.48. The van der Waals surface area contributed by atoms with Gasteiger partial charge in [-0.15, -0.1) is 0 Å². The number of hydrogen-bond acceptors (Lipinski definition) is 4. The molecule has 0 aliphatic carbocycles. The van der Waals surface area contributed by atoms with Crippen molar-refractivity contribution < 1.29 is 0 Å². The minimum absolute atomic E-state index is 0.0304. The van der Waals surface area contributed by atoms with Gasteiger partial charge in [0, 0.05) is 31.2 Å². The van der Waals surface area contributed by atoms with E-state index in [-0.39, 0.29) is 12.1 Å². The molecule has 0 saturated carbocycles. The van der Waals surface area contributed by atoms with Crippen molar-refractivity contribution >= 4 is 0 Å². The van der Waals surface area contributed by atoms with E-state index in [0.717, 1.165) is 24.3 Å². The molecule has 0 spiro atoms. The SMILES string of the molecule is CCN(Cc1ccccn1)C(c1cccnc1)C(C)N. The second-order valence-corrected chi connectivity index (χ2v) is 4.97. The Labute approximate surface area is 120 Å². The van der Waals surface area contributed by atoms with Crippen molar-refractivity contribution in [1.29, 1.82) is 0 Å². The first-order chi connectivity index (χ1) is 9.72. The van der Waals surface area contributed by atoms with Crippen LogP contribution in [0.3, 0.4) is 0 Å². The third-order valence-corrected chi connectivity index (χ3v) is 3.41. The van der Waals surface area contributed by atoms with Crippen molar-refractivity contribution in [3.8, 4) is 0 Å². The highest BCUT2D eigenvalue weighted by Crippen LogP contribution is 2.24. The molecule has 2 aromatic rings. The van der Waals surface area contributed by atoms with Gasteiger partial charge in [-0.3, -0.25) is 14.9 Å². The summed E-state index contributed by atoms with van der Waals surface area (Å²) in [5.74, 6) is 0. The summed E-state index contributed by atoms with van der Waals surface area (Å²) in [7, 11) is 0. The highest BCUT2D eigenvalue weighted by molar-refractivity contribution is 5.16. The van der Waals surface area contributed by atoms with Crippen LogP contribution in [0.5, 0.6) is 0 Å². The Morgan fingerprint density at radius 1 is 1.20 bits per heavy atom. The second kappa shape index (κ2) is 7.12. The Hall–Kier alpha value is -1.78. The maximum atomic E-state index is 6.21. The minimum Gasteiger partial charge on any atom is -0.326 e. The Bertz CT molecular complexity index is 498. The molecule has 2 rings (SSSR count). The summed E-state index contributed by atoms with van der Waals surface area (Å²) in [6.45, 7) is 5.89. The molecule has 4 heteroatoms. The van der Waals surface area contributed by atoms with Gasteiger partial charge in [-0.05, 0) is 37.2 Å². The fourth-order valence-corrected chi connectivity index (χ4v) is 2.50. The molecule has 2 unspecified atom stereocenters. The molecule has 20 heavy (non-hydrogen) atoms. The van der Waals surface area contributed by atoms with Crippen LogP contribution in [-0.2, 0) is 6.54 Å². The Morgan fingerprint density at radius 2 is 2.05 bits per heavy atom. The topological polar surface area (TPSA) is 55.0 Å². The number of rotatable bonds is 6. The second-order valence-electron chi connectivity index (χ2n) is 4.97. The van der Waals surface area contributed by atoms with E-state index in [1.165, 1.54) is 0 Å². The predicted octanol–water partition coefficient (Wildman–Crippen LogP) is 2.39. The van der Waals surface area contributed by atoms with Crippen molar-refractivity contribution in [1.82, 2.24) is 14.9 Å². The van der Waals surface area contributed by atoms with E-state index in [2.05, 4.69) is 27.9 Å². The molecule has 0 aliphatic rings. The molecule has 0 bridgehead atoms. The smallest absolute Gasteiger partial charge is 0.0544 e. The summed E-state index contributed by atoms with van der Waals surface area (Å²) in [6.07, 6.45) is 5.51. The van der Waals surface area contributed by atoms with Gasteiger partial charge < -0.3 is 5.73 Å². The van der Waals surface area contributed by atoms with Gasteiger partial charge in [0.2, 0.25) is 0 Å². The number of likely N-dealkylation sites (N-methyl/N-ethyl adjacent to an activating group) is 1. The summed E-state index contributed by atoms with van der Waals surface area (Å²) in [5, 5.41) is 0. The third-order valence-electron chi connectivity index (χ3n) is 3.41. The molecular weight excluding hydrogens is 248 g/mol. The molecule has 2 heterocycles. The zero-order valence-electron chi connectivity index (χ0n) is 12.1. The number of nitrogens with two attached hydrogens (primary N) is 1.